The minimum absolute atomic E-state index is 0.602. The standard InChI is InChI=1S/C17H12N6/c1-2-4-13(5-3-1)14-6-7-15(17-19-11-18-12-20-17)16(10-14)23-9-8-21-22-23/h1-12H. The Kier molecular flexibility index (Phi) is 3.32. The molecule has 0 aliphatic rings. The highest BCUT2D eigenvalue weighted by Gasteiger charge is 2.12. The largest absolute Gasteiger partial charge is 0.225 e. The van der Waals surface area contributed by atoms with Gasteiger partial charge in [0.2, 0.25) is 0 Å². The van der Waals surface area contributed by atoms with Gasteiger partial charge in [-0.3, -0.25) is 0 Å². The molecule has 2 heterocycles. The normalized spacial score (nSPS) is 10.6. The fraction of sp³-hybridized carbons (Fsp3) is 0. The van der Waals surface area contributed by atoms with Crippen molar-refractivity contribution >= 4 is 0 Å². The van der Waals surface area contributed by atoms with Gasteiger partial charge in [0.05, 0.1) is 18.1 Å². The van der Waals surface area contributed by atoms with Crippen LogP contribution in [0.2, 0.25) is 0 Å². The lowest BCUT2D eigenvalue weighted by atomic mass is 10.0. The van der Waals surface area contributed by atoms with Crippen molar-refractivity contribution in [2.24, 2.45) is 0 Å². The van der Waals surface area contributed by atoms with Crippen LogP contribution in [0.5, 0.6) is 0 Å². The van der Waals surface area contributed by atoms with E-state index in [4.69, 9.17) is 0 Å². The van der Waals surface area contributed by atoms with Crippen LogP contribution in [-0.4, -0.2) is 29.9 Å². The molecule has 0 aliphatic heterocycles. The first-order valence-corrected chi connectivity index (χ1v) is 7.10. The Bertz CT molecular complexity index is 904. The van der Waals surface area contributed by atoms with Gasteiger partial charge < -0.3 is 0 Å². The third kappa shape index (κ3) is 2.57. The Hall–Kier alpha value is -3.41. The molecule has 6 nitrogen and oxygen atoms in total. The van der Waals surface area contributed by atoms with Crippen LogP contribution < -0.4 is 0 Å². The summed E-state index contributed by atoms with van der Waals surface area (Å²) >= 11 is 0. The van der Waals surface area contributed by atoms with Gasteiger partial charge in [-0.2, -0.15) is 0 Å². The molecule has 0 unspecified atom stereocenters. The lowest BCUT2D eigenvalue weighted by molar-refractivity contribution is 0.803. The third-order valence-corrected chi connectivity index (χ3v) is 3.51. The number of hydrogen-bond donors (Lipinski definition) is 0. The second kappa shape index (κ2) is 5.76. The lowest BCUT2D eigenvalue weighted by Gasteiger charge is -2.10. The second-order valence-electron chi connectivity index (χ2n) is 4.91. The van der Waals surface area contributed by atoms with Gasteiger partial charge in [-0.05, 0) is 23.3 Å². The highest BCUT2D eigenvalue weighted by molar-refractivity contribution is 5.75. The first kappa shape index (κ1) is 13.3. The van der Waals surface area contributed by atoms with E-state index in [9.17, 15) is 0 Å². The number of nitrogens with zero attached hydrogens (tertiary/aromatic N) is 6. The van der Waals surface area contributed by atoms with Crippen molar-refractivity contribution in [1.29, 1.82) is 0 Å². The summed E-state index contributed by atoms with van der Waals surface area (Å²) < 4.78 is 1.71. The van der Waals surface area contributed by atoms with E-state index in [1.807, 2.05) is 24.3 Å². The van der Waals surface area contributed by atoms with E-state index in [0.29, 0.717) is 5.82 Å². The average Bonchev–Trinajstić information content (AvgIpc) is 3.17. The molecule has 0 saturated carbocycles. The van der Waals surface area contributed by atoms with Crippen molar-refractivity contribution in [3.8, 4) is 28.2 Å². The Labute approximate surface area is 132 Å². The van der Waals surface area contributed by atoms with E-state index in [2.05, 4.69) is 49.5 Å². The van der Waals surface area contributed by atoms with E-state index >= 15 is 0 Å². The van der Waals surface area contributed by atoms with Gasteiger partial charge in [0.15, 0.2) is 5.82 Å². The van der Waals surface area contributed by atoms with Crippen LogP contribution >= 0.6 is 0 Å². The fourth-order valence-electron chi connectivity index (χ4n) is 2.44. The molecular formula is C17H12N6. The summed E-state index contributed by atoms with van der Waals surface area (Å²) in [5, 5.41) is 8.00. The van der Waals surface area contributed by atoms with Crippen molar-refractivity contribution in [3.63, 3.8) is 0 Å². The molecule has 0 radical (unpaired) electrons. The predicted octanol–water partition coefficient (Wildman–Crippen LogP) is 2.79. The molecule has 4 rings (SSSR count). The molecule has 2 aromatic heterocycles. The maximum atomic E-state index is 4.24. The first-order valence-electron chi connectivity index (χ1n) is 7.10. The van der Waals surface area contributed by atoms with Gasteiger partial charge in [0, 0.05) is 5.56 Å². The zero-order valence-electron chi connectivity index (χ0n) is 12.1. The van der Waals surface area contributed by atoms with Crippen LogP contribution in [-0.2, 0) is 0 Å². The Balaban J connectivity index is 1.91. The Morgan fingerprint density at radius 1 is 0.826 bits per heavy atom. The number of aromatic nitrogens is 6. The number of hydrogen-bond acceptors (Lipinski definition) is 5. The van der Waals surface area contributed by atoms with Gasteiger partial charge in [-0.15, -0.1) is 5.10 Å². The topological polar surface area (TPSA) is 69.4 Å². The molecule has 0 aliphatic carbocycles. The molecule has 110 valence electrons. The summed E-state index contributed by atoms with van der Waals surface area (Å²) in [5.74, 6) is 0.602. The minimum atomic E-state index is 0.602. The molecule has 0 saturated heterocycles. The predicted molar refractivity (Wildman–Crippen MR) is 85.6 cm³/mol. The second-order valence-corrected chi connectivity index (χ2v) is 4.91. The molecular weight excluding hydrogens is 288 g/mol. The molecule has 0 fully saturated rings. The van der Waals surface area contributed by atoms with Crippen molar-refractivity contribution in [2.45, 2.75) is 0 Å². The SMILES string of the molecule is c1ccc(-c2ccc(-c3ncncn3)c(-n3ccnn3)c2)cc1. The number of benzene rings is 2. The van der Waals surface area contributed by atoms with E-state index in [-0.39, 0.29) is 0 Å². The molecule has 6 heteroatoms. The van der Waals surface area contributed by atoms with Crippen molar-refractivity contribution in [2.75, 3.05) is 0 Å². The quantitative estimate of drug-likeness (QED) is 0.582. The van der Waals surface area contributed by atoms with Gasteiger partial charge in [0.1, 0.15) is 12.7 Å². The van der Waals surface area contributed by atoms with Crippen molar-refractivity contribution < 1.29 is 0 Å². The molecule has 0 N–H and O–H groups in total. The Morgan fingerprint density at radius 3 is 2.39 bits per heavy atom. The van der Waals surface area contributed by atoms with Gasteiger partial charge in [-0.1, -0.05) is 41.6 Å². The highest BCUT2D eigenvalue weighted by Crippen LogP contribution is 2.29. The average molecular weight is 300 g/mol. The van der Waals surface area contributed by atoms with Gasteiger partial charge in [-0.25, -0.2) is 19.6 Å². The summed E-state index contributed by atoms with van der Waals surface area (Å²) in [6, 6.07) is 16.3. The zero-order valence-corrected chi connectivity index (χ0v) is 12.1. The van der Waals surface area contributed by atoms with Gasteiger partial charge in [0.25, 0.3) is 0 Å². The molecule has 23 heavy (non-hydrogen) atoms. The maximum Gasteiger partial charge on any atom is 0.164 e. The van der Waals surface area contributed by atoms with Crippen LogP contribution in [0.3, 0.4) is 0 Å². The summed E-state index contributed by atoms with van der Waals surface area (Å²) in [6.45, 7) is 0. The van der Waals surface area contributed by atoms with Crippen molar-refractivity contribution in [3.05, 3.63) is 73.6 Å². The summed E-state index contributed by atoms with van der Waals surface area (Å²) in [4.78, 5) is 12.3. The first-order chi connectivity index (χ1) is 11.4. The van der Waals surface area contributed by atoms with Gasteiger partial charge >= 0.3 is 0 Å². The summed E-state index contributed by atoms with van der Waals surface area (Å²) in [6.07, 6.45) is 6.41. The van der Waals surface area contributed by atoms with Crippen molar-refractivity contribution in [1.82, 2.24) is 29.9 Å². The smallest absolute Gasteiger partial charge is 0.164 e. The minimum Gasteiger partial charge on any atom is -0.225 e. The molecule has 0 atom stereocenters. The van der Waals surface area contributed by atoms with E-state index in [1.54, 1.807) is 17.1 Å². The molecule has 0 spiro atoms. The summed E-state index contributed by atoms with van der Waals surface area (Å²) in [7, 11) is 0. The van der Waals surface area contributed by atoms with Crippen LogP contribution in [0.15, 0.2) is 73.6 Å². The zero-order chi connectivity index (χ0) is 15.5. The van der Waals surface area contributed by atoms with Crippen LogP contribution in [0.25, 0.3) is 28.2 Å². The molecule has 0 bridgehead atoms. The molecule has 2 aromatic carbocycles. The molecule has 0 amide bonds. The maximum absolute atomic E-state index is 4.24. The van der Waals surface area contributed by atoms with Crippen LogP contribution in [0, 0.1) is 0 Å². The van der Waals surface area contributed by atoms with E-state index < -0.39 is 0 Å². The highest BCUT2D eigenvalue weighted by atomic mass is 15.4. The summed E-state index contributed by atoms with van der Waals surface area (Å²) in [5.41, 5.74) is 3.97. The molecule has 4 aromatic rings. The monoisotopic (exact) mass is 300 g/mol. The third-order valence-electron chi connectivity index (χ3n) is 3.51. The van der Waals surface area contributed by atoms with E-state index in [0.717, 1.165) is 22.4 Å². The lowest BCUT2D eigenvalue weighted by Crippen LogP contribution is -2.01. The Morgan fingerprint density at radius 2 is 1.65 bits per heavy atom. The fourth-order valence-corrected chi connectivity index (χ4v) is 2.44. The van der Waals surface area contributed by atoms with E-state index in [1.165, 1.54) is 12.7 Å². The van der Waals surface area contributed by atoms with Crippen LogP contribution in [0.4, 0.5) is 0 Å². The number of rotatable bonds is 3. The van der Waals surface area contributed by atoms with Crippen LogP contribution in [0.1, 0.15) is 0 Å².